The molecule has 0 aromatic heterocycles. The molecular formula is C11H19N3O2. The average Bonchev–Trinajstić information content (AvgIpc) is 2.97. The zero-order valence-corrected chi connectivity index (χ0v) is 9.52. The first-order valence-corrected chi connectivity index (χ1v) is 6.00. The molecule has 90 valence electrons. The standard InChI is InChI=1S/C11H19N3O2/c12-7-9-3-6-14(8-9)11(16)10(15)13-4-1-2-5-13/h9H,1-8,12H2. The number of carbonyl (C=O) groups is 2. The smallest absolute Gasteiger partial charge is 0.312 e. The minimum atomic E-state index is -0.335. The van der Waals surface area contributed by atoms with Crippen LogP contribution < -0.4 is 5.73 Å². The van der Waals surface area contributed by atoms with Crippen LogP contribution in [0, 0.1) is 5.92 Å². The molecule has 2 N–H and O–H groups in total. The van der Waals surface area contributed by atoms with E-state index in [1.165, 1.54) is 0 Å². The van der Waals surface area contributed by atoms with Gasteiger partial charge in [0.15, 0.2) is 0 Å². The van der Waals surface area contributed by atoms with Gasteiger partial charge >= 0.3 is 11.8 Å². The van der Waals surface area contributed by atoms with Gasteiger partial charge in [-0.15, -0.1) is 0 Å². The van der Waals surface area contributed by atoms with Crippen LogP contribution in [0.25, 0.3) is 0 Å². The Kier molecular flexibility index (Phi) is 3.43. The molecule has 2 aliphatic heterocycles. The van der Waals surface area contributed by atoms with Crippen molar-refractivity contribution < 1.29 is 9.59 Å². The molecule has 0 saturated carbocycles. The van der Waals surface area contributed by atoms with Crippen LogP contribution in [0.3, 0.4) is 0 Å². The van der Waals surface area contributed by atoms with E-state index in [-0.39, 0.29) is 11.8 Å². The van der Waals surface area contributed by atoms with E-state index in [0.717, 1.165) is 32.4 Å². The number of hydrogen-bond acceptors (Lipinski definition) is 3. The van der Waals surface area contributed by atoms with Crippen molar-refractivity contribution in [1.29, 1.82) is 0 Å². The second-order valence-electron chi connectivity index (χ2n) is 4.64. The minimum absolute atomic E-state index is 0.324. The van der Waals surface area contributed by atoms with Gasteiger partial charge in [0.1, 0.15) is 0 Å². The number of amides is 2. The van der Waals surface area contributed by atoms with Crippen molar-refractivity contribution in [2.24, 2.45) is 11.7 Å². The first-order valence-electron chi connectivity index (χ1n) is 6.00. The molecule has 2 rings (SSSR count). The highest BCUT2D eigenvalue weighted by Crippen LogP contribution is 2.16. The fourth-order valence-electron chi connectivity index (χ4n) is 2.40. The number of carbonyl (C=O) groups excluding carboxylic acids is 2. The second-order valence-corrected chi connectivity index (χ2v) is 4.64. The van der Waals surface area contributed by atoms with Crippen molar-refractivity contribution >= 4 is 11.8 Å². The molecule has 2 amide bonds. The van der Waals surface area contributed by atoms with Crippen LogP contribution in [0.1, 0.15) is 19.3 Å². The molecule has 2 saturated heterocycles. The lowest BCUT2D eigenvalue weighted by molar-refractivity contribution is -0.150. The predicted octanol–water partition coefficient (Wildman–Crippen LogP) is -0.584. The van der Waals surface area contributed by atoms with Gasteiger partial charge in [0, 0.05) is 26.2 Å². The highest BCUT2D eigenvalue weighted by Gasteiger charge is 2.32. The third-order valence-corrected chi connectivity index (χ3v) is 3.48. The Morgan fingerprint density at radius 3 is 2.25 bits per heavy atom. The van der Waals surface area contributed by atoms with Crippen LogP contribution in [-0.4, -0.2) is 54.3 Å². The molecule has 0 spiro atoms. The number of nitrogens with zero attached hydrogens (tertiary/aromatic N) is 2. The largest absolute Gasteiger partial charge is 0.334 e. The van der Waals surface area contributed by atoms with E-state index in [2.05, 4.69) is 0 Å². The van der Waals surface area contributed by atoms with Crippen LogP contribution in [0.4, 0.5) is 0 Å². The van der Waals surface area contributed by atoms with Gasteiger partial charge in [0.25, 0.3) is 0 Å². The summed E-state index contributed by atoms with van der Waals surface area (Å²) < 4.78 is 0. The topological polar surface area (TPSA) is 66.6 Å². The van der Waals surface area contributed by atoms with Crippen molar-refractivity contribution in [2.75, 3.05) is 32.7 Å². The summed E-state index contributed by atoms with van der Waals surface area (Å²) in [5.41, 5.74) is 5.56. The van der Waals surface area contributed by atoms with Gasteiger partial charge < -0.3 is 15.5 Å². The average molecular weight is 225 g/mol. The Labute approximate surface area is 95.6 Å². The minimum Gasteiger partial charge on any atom is -0.334 e. The Morgan fingerprint density at radius 1 is 1.06 bits per heavy atom. The maximum atomic E-state index is 11.9. The Morgan fingerprint density at radius 2 is 1.69 bits per heavy atom. The summed E-state index contributed by atoms with van der Waals surface area (Å²) in [6.07, 6.45) is 2.96. The summed E-state index contributed by atoms with van der Waals surface area (Å²) >= 11 is 0. The van der Waals surface area contributed by atoms with Crippen LogP contribution in [-0.2, 0) is 9.59 Å². The third-order valence-electron chi connectivity index (χ3n) is 3.48. The Balaban J connectivity index is 1.89. The Hall–Kier alpha value is -1.10. The van der Waals surface area contributed by atoms with Gasteiger partial charge in [0.2, 0.25) is 0 Å². The Bertz CT molecular complexity index is 287. The van der Waals surface area contributed by atoms with Crippen LogP contribution in [0.5, 0.6) is 0 Å². The lowest BCUT2D eigenvalue weighted by Crippen LogP contribution is -2.43. The molecule has 1 atom stereocenters. The van der Waals surface area contributed by atoms with Crippen molar-refractivity contribution in [3.05, 3.63) is 0 Å². The molecule has 2 fully saturated rings. The molecule has 2 aliphatic rings. The zero-order chi connectivity index (χ0) is 11.5. The van der Waals surface area contributed by atoms with Crippen LogP contribution in [0.2, 0.25) is 0 Å². The summed E-state index contributed by atoms with van der Waals surface area (Å²) in [4.78, 5) is 27.0. The number of rotatable bonds is 1. The van der Waals surface area contributed by atoms with Gasteiger partial charge in [-0.05, 0) is 31.7 Å². The lowest BCUT2D eigenvalue weighted by atomic mass is 10.1. The van der Waals surface area contributed by atoms with Crippen molar-refractivity contribution in [3.63, 3.8) is 0 Å². The monoisotopic (exact) mass is 225 g/mol. The first kappa shape index (κ1) is 11.4. The van der Waals surface area contributed by atoms with E-state index in [0.29, 0.717) is 25.6 Å². The van der Waals surface area contributed by atoms with Crippen LogP contribution in [0.15, 0.2) is 0 Å². The summed E-state index contributed by atoms with van der Waals surface area (Å²) in [6.45, 7) is 3.40. The van der Waals surface area contributed by atoms with E-state index in [1.54, 1.807) is 9.80 Å². The molecule has 0 radical (unpaired) electrons. The van der Waals surface area contributed by atoms with Crippen molar-refractivity contribution in [2.45, 2.75) is 19.3 Å². The fraction of sp³-hybridized carbons (Fsp3) is 0.818. The normalized spacial score (nSPS) is 25.2. The van der Waals surface area contributed by atoms with Crippen molar-refractivity contribution in [3.8, 4) is 0 Å². The van der Waals surface area contributed by atoms with E-state index >= 15 is 0 Å². The highest BCUT2D eigenvalue weighted by atomic mass is 16.2. The number of likely N-dealkylation sites (tertiary alicyclic amines) is 2. The fourth-order valence-corrected chi connectivity index (χ4v) is 2.40. The highest BCUT2D eigenvalue weighted by molar-refractivity contribution is 6.35. The number of nitrogens with two attached hydrogens (primary N) is 1. The molecule has 2 heterocycles. The zero-order valence-electron chi connectivity index (χ0n) is 9.52. The molecule has 5 nitrogen and oxygen atoms in total. The number of hydrogen-bond donors (Lipinski definition) is 1. The van der Waals surface area contributed by atoms with Crippen LogP contribution >= 0.6 is 0 Å². The van der Waals surface area contributed by atoms with Gasteiger partial charge in [-0.3, -0.25) is 9.59 Å². The molecular weight excluding hydrogens is 206 g/mol. The van der Waals surface area contributed by atoms with Gasteiger partial charge in [-0.2, -0.15) is 0 Å². The molecule has 16 heavy (non-hydrogen) atoms. The molecule has 0 aromatic rings. The van der Waals surface area contributed by atoms with E-state index < -0.39 is 0 Å². The second kappa shape index (κ2) is 4.82. The molecule has 0 aliphatic carbocycles. The quantitative estimate of drug-likeness (QED) is 0.607. The molecule has 1 unspecified atom stereocenters. The maximum Gasteiger partial charge on any atom is 0.312 e. The third kappa shape index (κ3) is 2.19. The predicted molar refractivity (Wildman–Crippen MR) is 59.6 cm³/mol. The van der Waals surface area contributed by atoms with E-state index in [1.807, 2.05) is 0 Å². The SMILES string of the molecule is NCC1CCN(C(=O)C(=O)N2CCCC2)C1. The molecule has 5 heteroatoms. The summed E-state index contributed by atoms with van der Waals surface area (Å²) in [5.74, 6) is -0.289. The summed E-state index contributed by atoms with van der Waals surface area (Å²) in [5, 5.41) is 0. The van der Waals surface area contributed by atoms with Gasteiger partial charge in [-0.25, -0.2) is 0 Å². The van der Waals surface area contributed by atoms with E-state index in [4.69, 9.17) is 5.73 Å². The maximum absolute atomic E-state index is 11.9. The molecule has 0 bridgehead atoms. The summed E-state index contributed by atoms with van der Waals surface area (Å²) in [6, 6.07) is 0. The van der Waals surface area contributed by atoms with Gasteiger partial charge in [0.05, 0.1) is 0 Å². The first-order chi connectivity index (χ1) is 7.72. The lowest BCUT2D eigenvalue weighted by Gasteiger charge is -2.20. The molecule has 0 aromatic carbocycles. The van der Waals surface area contributed by atoms with E-state index in [9.17, 15) is 9.59 Å². The van der Waals surface area contributed by atoms with Gasteiger partial charge in [-0.1, -0.05) is 0 Å². The summed E-state index contributed by atoms with van der Waals surface area (Å²) in [7, 11) is 0. The van der Waals surface area contributed by atoms with Crippen molar-refractivity contribution in [1.82, 2.24) is 9.80 Å².